The number of pyridine rings is 1. The van der Waals surface area contributed by atoms with Crippen molar-refractivity contribution in [2.45, 2.75) is 5.16 Å². The van der Waals surface area contributed by atoms with Gasteiger partial charge in [-0.2, -0.15) is 0 Å². The number of carbonyl (C=O) groups is 1. The Hall–Kier alpha value is -2.12. The van der Waals surface area contributed by atoms with Gasteiger partial charge in [-0.3, -0.25) is 4.79 Å². The van der Waals surface area contributed by atoms with E-state index in [1.807, 2.05) is 6.07 Å². The summed E-state index contributed by atoms with van der Waals surface area (Å²) in [6, 6.07) is 7.73. The number of H-pyrrole nitrogens is 1. The van der Waals surface area contributed by atoms with Crippen molar-refractivity contribution in [3.63, 3.8) is 0 Å². The zero-order valence-corrected chi connectivity index (χ0v) is 12.7. The molecular formula is C14H10ClFN4OS. The van der Waals surface area contributed by atoms with Gasteiger partial charge >= 0.3 is 0 Å². The van der Waals surface area contributed by atoms with Gasteiger partial charge in [0.15, 0.2) is 10.8 Å². The molecule has 0 unspecified atom stereocenters. The van der Waals surface area contributed by atoms with Gasteiger partial charge in [0.25, 0.3) is 0 Å². The van der Waals surface area contributed by atoms with Gasteiger partial charge in [0.2, 0.25) is 5.91 Å². The van der Waals surface area contributed by atoms with Crippen molar-refractivity contribution >= 4 is 46.1 Å². The van der Waals surface area contributed by atoms with Crippen molar-refractivity contribution in [3.05, 3.63) is 47.4 Å². The molecule has 0 radical (unpaired) electrons. The van der Waals surface area contributed by atoms with Crippen LogP contribution in [0.4, 0.5) is 10.1 Å². The number of hydrogen-bond acceptors (Lipinski definition) is 4. The molecule has 2 heterocycles. The lowest BCUT2D eigenvalue weighted by Gasteiger charge is -2.05. The Balaban J connectivity index is 1.62. The first-order chi connectivity index (χ1) is 10.6. The molecule has 0 aliphatic carbocycles. The standard InChI is InChI=1S/C14H10ClFN4OS/c15-8-3-4-10(9(16)6-8)18-12(21)7-22-14-19-11-2-1-5-17-13(11)20-14/h1-6H,7H2,(H,18,21)(H,17,19,20). The molecule has 8 heteroatoms. The summed E-state index contributed by atoms with van der Waals surface area (Å²) in [5, 5.41) is 3.35. The Morgan fingerprint density at radius 1 is 1.41 bits per heavy atom. The van der Waals surface area contributed by atoms with Crippen LogP contribution >= 0.6 is 23.4 Å². The molecule has 5 nitrogen and oxygen atoms in total. The monoisotopic (exact) mass is 336 g/mol. The maximum absolute atomic E-state index is 13.6. The molecule has 0 spiro atoms. The van der Waals surface area contributed by atoms with Crippen molar-refractivity contribution in [2.75, 3.05) is 11.1 Å². The molecule has 2 N–H and O–H groups in total. The maximum Gasteiger partial charge on any atom is 0.234 e. The van der Waals surface area contributed by atoms with Gasteiger partial charge in [-0.15, -0.1) is 0 Å². The molecule has 3 rings (SSSR count). The first-order valence-electron chi connectivity index (χ1n) is 6.30. The minimum absolute atomic E-state index is 0.0984. The third-order valence-corrected chi connectivity index (χ3v) is 3.89. The number of rotatable bonds is 4. The predicted molar refractivity (Wildman–Crippen MR) is 84.7 cm³/mol. The van der Waals surface area contributed by atoms with E-state index >= 15 is 0 Å². The highest BCUT2D eigenvalue weighted by molar-refractivity contribution is 7.99. The Bertz CT molecular complexity index is 806. The fourth-order valence-electron chi connectivity index (χ4n) is 1.80. The van der Waals surface area contributed by atoms with E-state index in [-0.39, 0.29) is 22.4 Å². The van der Waals surface area contributed by atoms with Crippen LogP contribution in [0.15, 0.2) is 41.7 Å². The summed E-state index contributed by atoms with van der Waals surface area (Å²) >= 11 is 6.87. The average Bonchev–Trinajstić information content (AvgIpc) is 2.91. The number of imidazole rings is 1. The summed E-state index contributed by atoms with van der Waals surface area (Å²) in [6.07, 6.45) is 1.65. The zero-order valence-electron chi connectivity index (χ0n) is 11.1. The fraction of sp³-hybridized carbons (Fsp3) is 0.0714. The minimum Gasteiger partial charge on any atom is -0.332 e. The lowest BCUT2D eigenvalue weighted by atomic mass is 10.3. The van der Waals surface area contributed by atoms with Crippen LogP contribution in [-0.2, 0) is 4.79 Å². The lowest BCUT2D eigenvalue weighted by molar-refractivity contribution is -0.113. The summed E-state index contributed by atoms with van der Waals surface area (Å²) in [4.78, 5) is 23.2. The van der Waals surface area contributed by atoms with Gasteiger partial charge < -0.3 is 10.3 Å². The van der Waals surface area contributed by atoms with Crippen molar-refractivity contribution < 1.29 is 9.18 Å². The van der Waals surface area contributed by atoms with Crippen molar-refractivity contribution in [2.24, 2.45) is 0 Å². The summed E-state index contributed by atoms with van der Waals surface area (Å²) < 4.78 is 13.6. The van der Waals surface area contributed by atoms with E-state index in [9.17, 15) is 9.18 Å². The Labute approximate surface area is 134 Å². The van der Waals surface area contributed by atoms with Crippen molar-refractivity contribution in [1.29, 1.82) is 0 Å². The highest BCUT2D eigenvalue weighted by Gasteiger charge is 2.10. The highest BCUT2D eigenvalue weighted by Crippen LogP contribution is 2.21. The van der Waals surface area contributed by atoms with E-state index in [1.54, 1.807) is 12.3 Å². The molecule has 1 aromatic carbocycles. The number of aromatic amines is 1. The van der Waals surface area contributed by atoms with E-state index in [1.165, 1.54) is 23.9 Å². The number of halogens is 2. The number of nitrogens with zero attached hydrogens (tertiary/aromatic N) is 2. The lowest BCUT2D eigenvalue weighted by Crippen LogP contribution is -2.15. The van der Waals surface area contributed by atoms with Crippen LogP contribution in [0.25, 0.3) is 11.2 Å². The van der Waals surface area contributed by atoms with Gasteiger partial charge in [-0.1, -0.05) is 23.4 Å². The number of fused-ring (bicyclic) bond motifs is 1. The molecule has 0 saturated heterocycles. The molecule has 0 aliphatic heterocycles. The molecular weight excluding hydrogens is 327 g/mol. The summed E-state index contributed by atoms with van der Waals surface area (Å²) in [6.45, 7) is 0. The number of anilines is 1. The predicted octanol–water partition coefficient (Wildman–Crippen LogP) is 3.48. The van der Waals surface area contributed by atoms with Crippen LogP contribution in [0.1, 0.15) is 0 Å². The van der Waals surface area contributed by atoms with Gasteiger partial charge in [0.05, 0.1) is 17.0 Å². The second-order valence-corrected chi connectivity index (χ2v) is 5.78. The summed E-state index contributed by atoms with van der Waals surface area (Å²) in [5.41, 5.74) is 1.49. The topological polar surface area (TPSA) is 70.7 Å². The van der Waals surface area contributed by atoms with Crippen molar-refractivity contribution in [1.82, 2.24) is 15.0 Å². The SMILES string of the molecule is O=C(CSc1nc2ncccc2[nH]1)Nc1ccc(Cl)cc1F. The number of amides is 1. The molecule has 0 saturated carbocycles. The Morgan fingerprint density at radius 2 is 2.27 bits per heavy atom. The quantitative estimate of drug-likeness (QED) is 0.715. The van der Waals surface area contributed by atoms with E-state index in [0.717, 1.165) is 11.6 Å². The second kappa shape index (κ2) is 6.33. The minimum atomic E-state index is -0.571. The molecule has 22 heavy (non-hydrogen) atoms. The fourth-order valence-corrected chi connectivity index (χ4v) is 2.63. The third kappa shape index (κ3) is 3.37. The van der Waals surface area contributed by atoms with Gasteiger partial charge in [0.1, 0.15) is 5.82 Å². The summed E-state index contributed by atoms with van der Waals surface area (Å²) in [5.74, 6) is -0.805. The number of hydrogen-bond donors (Lipinski definition) is 2. The number of aromatic nitrogens is 3. The third-order valence-electron chi connectivity index (χ3n) is 2.78. The van der Waals surface area contributed by atoms with E-state index < -0.39 is 5.82 Å². The summed E-state index contributed by atoms with van der Waals surface area (Å²) in [7, 11) is 0. The normalized spacial score (nSPS) is 10.8. The van der Waals surface area contributed by atoms with Crippen LogP contribution in [0.5, 0.6) is 0 Å². The van der Waals surface area contributed by atoms with Crippen LogP contribution < -0.4 is 5.32 Å². The van der Waals surface area contributed by atoms with E-state index in [2.05, 4.69) is 20.3 Å². The number of thioether (sulfide) groups is 1. The Morgan fingerprint density at radius 3 is 3.05 bits per heavy atom. The van der Waals surface area contributed by atoms with Crippen molar-refractivity contribution in [3.8, 4) is 0 Å². The van der Waals surface area contributed by atoms with Crippen LogP contribution in [0.2, 0.25) is 5.02 Å². The smallest absolute Gasteiger partial charge is 0.234 e. The molecule has 0 aliphatic rings. The molecule has 0 fully saturated rings. The van der Waals surface area contributed by atoms with Gasteiger partial charge in [-0.25, -0.2) is 14.4 Å². The van der Waals surface area contributed by atoms with Gasteiger partial charge in [-0.05, 0) is 30.3 Å². The molecule has 3 aromatic rings. The second-order valence-electron chi connectivity index (χ2n) is 4.38. The molecule has 1 amide bonds. The largest absolute Gasteiger partial charge is 0.332 e. The van der Waals surface area contributed by atoms with Gasteiger partial charge in [0, 0.05) is 11.2 Å². The molecule has 2 aromatic heterocycles. The maximum atomic E-state index is 13.6. The first kappa shape index (κ1) is 14.8. The molecule has 112 valence electrons. The van der Waals surface area contributed by atoms with Crippen LogP contribution in [-0.4, -0.2) is 26.6 Å². The number of benzene rings is 1. The van der Waals surface area contributed by atoms with Crippen LogP contribution in [0.3, 0.4) is 0 Å². The van der Waals surface area contributed by atoms with E-state index in [4.69, 9.17) is 11.6 Å². The first-order valence-corrected chi connectivity index (χ1v) is 7.66. The van der Waals surface area contributed by atoms with Crippen LogP contribution in [0, 0.1) is 5.82 Å². The number of carbonyl (C=O) groups excluding carboxylic acids is 1. The average molecular weight is 337 g/mol. The molecule has 0 atom stereocenters. The Kier molecular flexibility index (Phi) is 4.26. The highest BCUT2D eigenvalue weighted by atomic mass is 35.5. The van der Waals surface area contributed by atoms with E-state index in [0.29, 0.717) is 10.8 Å². The number of nitrogens with one attached hydrogen (secondary N) is 2. The zero-order chi connectivity index (χ0) is 15.5. The molecule has 0 bridgehead atoms.